The number of hydrogen-bond donors (Lipinski definition) is 3. The molecule has 3 N–H and O–H groups in total. The molecule has 2 aromatic rings. The summed E-state index contributed by atoms with van der Waals surface area (Å²) >= 11 is 5.94. The third-order valence-electron chi connectivity index (χ3n) is 5.89. The molecule has 2 amide bonds. The van der Waals surface area contributed by atoms with Gasteiger partial charge in [-0.25, -0.2) is 0 Å². The highest BCUT2D eigenvalue weighted by Crippen LogP contribution is 2.40. The van der Waals surface area contributed by atoms with Gasteiger partial charge in [-0.15, -0.1) is 0 Å². The Labute approximate surface area is 187 Å². The minimum Gasteiger partial charge on any atom is -0.385 e. The van der Waals surface area contributed by atoms with Crippen molar-refractivity contribution in [1.29, 1.82) is 0 Å². The molecule has 0 aromatic heterocycles. The Morgan fingerprint density at radius 2 is 1.71 bits per heavy atom. The highest BCUT2D eigenvalue weighted by Gasteiger charge is 2.51. The first-order valence-corrected chi connectivity index (χ1v) is 10.7. The van der Waals surface area contributed by atoms with Crippen molar-refractivity contribution in [1.82, 2.24) is 10.2 Å². The van der Waals surface area contributed by atoms with Gasteiger partial charge in [0.05, 0.1) is 6.54 Å². The van der Waals surface area contributed by atoms with E-state index in [2.05, 4.69) is 5.32 Å². The monoisotopic (exact) mass is 444 g/mol. The Morgan fingerprint density at radius 3 is 2.29 bits per heavy atom. The van der Waals surface area contributed by atoms with E-state index in [9.17, 15) is 19.8 Å². The van der Waals surface area contributed by atoms with E-state index >= 15 is 0 Å². The molecule has 0 unspecified atom stereocenters. The van der Waals surface area contributed by atoms with Crippen LogP contribution in [-0.2, 0) is 10.4 Å². The van der Waals surface area contributed by atoms with E-state index in [-0.39, 0.29) is 37.7 Å². The molecule has 1 heterocycles. The number of hydrogen-bond acceptors (Lipinski definition) is 4. The van der Waals surface area contributed by atoms with Crippen molar-refractivity contribution in [2.45, 2.75) is 50.4 Å². The Hall–Kier alpha value is -2.41. The highest BCUT2D eigenvalue weighted by atomic mass is 35.5. The van der Waals surface area contributed by atoms with Crippen LogP contribution in [-0.4, -0.2) is 51.2 Å². The standard InChI is InChI=1S/C24H29ClN2O4/c1-22(2,26-21(29)17-7-5-4-6-8-17)15-20(28)27-14-13-24(31,23(3,30)16-27)18-9-11-19(25)12-10-18/h4-12,30-31H,13-16H2,1-3H3,(H,26,29)/t23-,24+/m1/s1. The zero-order valence-electron chi connectivity index (χ0n) is 18.1. The van der Waals surface area contributed by atoms with Gasteiger partial charge in [-0.1, -0.05) is 41.9 Å². The first-order chi connectivity index (χ1) is 14.4. The summed E-state index contributed by atoms with van der Waals surface area (Å²) in [4.78, 5) is 27.0. The Kier molecular flexibility index (Phi) is 6.46. The molecule has 31 heavy (non-hydrogen) atoms. The zero-order valence-corrected chi connectivity index (χ0v) is 18.8. The molecule has 0 radical (unpaired) electrons. The number of nitrogens with zero attached hydrogens (tertiary/aromatic N) is 1. The lowest BCUT2D eigenvalue weighted by molar-refractivity contribution is -0.191. The van der Waals surface area contributed by atoms with Crippen LogP contribution in [0, 0.1) is 0 Å². The summed E-state index contributed by atoms with van der Waals surface area (Å²) in [6.45, 7) is 5.38. The number of benzene rings is 2. The SMILES string of the molecule is CC(C)(CC(=O)N1CC[C@](O)(c2ccc(Cl)cc2)[C@](C)(O)C1)NC(=O)c1ccccc1. The summed E-state index contributed by atoms with van der Waals surface area (Å²) in [5.41, 5.74) is -2.74. The van der Waals surface area contributed by atoms with Crippen LogP contribution in [0.4, 0.5) is 0 Å². The van der Waals surface area contributed by atoms with Crippen molar-refractivity contribution in [2.24, 2.45) is 0 Å². The van der Waals surface area contributed by atoms with E-state index in [1.165, 1.54) is 6.92 Å². The maximum Gasteiger partial charge on any atom is 0.251 e. The number of likely N-dealkylation sites (tertiary alicyclic amines) is 1. The smallest absolute Gasteiger partial charge is 0.251 e. The van der Waals surface area contributed by atoms with E-state index in [0.717, 1.165) is 0 Å². The van der Waals surface area contributed by atoms with E-state index in [0.29, 0.717) is 16.1 Å². The van der Waals surface area contributed by atoms with Gasteiger partial charge in [-0.3, -0.25) is 9.59 Å². The second-order valence-corrected chi connectivity index (χ2v) is 9.52. The molecule has 1 fully saturated rings. The van der Waals surface area contributed by atoms with Crippen molar-refractivity contribution in [3.05, 3.63) is 70.7 Å². The van der Waals surface area contributed by atoms with Gasteiger partial charge < -0.3 is 20.4 Å². The van der Waals surface area contributed by atoms with Crippen LogP contribution in [0.1, 0.15) is 49.5 Å². The molecular weight excluding hydrogens is 416 g/mol. The molecule has 0 saturated carbocycles. The number of amides is 2. The summed E-state index contributed by atoms with van der Waals surface area (Å²) in [5.74, 6) is -0.446. The molecule has 0 bridgehead atoms. The fourth-order valence-corrected chi connectivity index (χ4v) is 4.17. The molecular formula is C24H29ClN2O4. The number of carbonyl (C=O) groups is 2. The van der Waals surface area contributed by atoms with Crippen LogP contribution in [0.5, 0.6) is 0 Å². The molecule has 0 aliphatic carbocycles. The van der Waals surface area contributed by atoms with Crippen LogP contribution >= 0.6 is 11.6 Å². The van der Waals surface area contributed by atoms with Gasteiger partial charge in [-0.05, 0) is 50.6 Å². The largest absolute Gasteiger partial charge is 0.385 e. The molecule has 166 valence electrons. The lowest BCUT2D eigenvalue weighted by atomic mass is 9.73. The lowest BCUT2D eigenvalue weighted by Crippen LogP contribution is -2.63. The molecule has 1 saturated heterocycles. The van der Waals surface area contributed by atoms with Crippen LogP contribution in [0.2, 0.25) is 5.02 Å². The normalized spacial score (nSPS) is 24.0. The van der Waals surface area contributed by atoms with Gasteiger partial charge in [0.25, 0.3) is 5.91 Å². The predicted molar refractivity (Wildman–Crippen MR) is 120 cm³/mol. The first kappa shape index (κ1) is 23.3. The fourth-order valence-electron chi connectivity index (χ4n) is 4.04. The van der Waals surface area contributed by atoms with E-state index < -0.39 is 16.7 Å². The molecule has 3 rings (SSSR count). The molecule has 2 aromatic carbocycles. The minimum atomic E-state index is -1.55. The zero-order chi connectivity index (χ0) is 22.9. The van der Waals surface area contributed by atoms with E-state index in [4.69, 9.17) is 11.6 Å². The predicted octanol–water partition coefficient (Wildman–Crippen LogP) is 3.11. The second-order valence-electron chi connectivity index (χ2n) is 9.09. The average Bonchev–Trinajstić information content (AvgIpc) is 2.70. The summed E-state index contributed by atoms with van der Waals surface area (Å²) < 4.78 is 0. The summed E-state index contributed by atoms with van der Waals surface area (Å²) in [6, 6.07) is 15.5. The van der Waals surface area contributed by atoms with Gasteiger partial charge >= 0.3 is 0 Å². The number of nitrogens with one attached hydrogen (secondary N) is 1. The van der Waals surface area contributed by atoms with Crippen molar-refractivity contribution in [3.8, 4) is 0 Å². The van der Waals surface area contributed by atoms with E-state index in [1.807, 2.05) is 6.07 Å². The topological polar surface area (TPSA) is 89.9 Å². The number of aliphatic hydroxyl groups is 2. The number of rotatable bonds is 5. The number of carbonyl (C=O) groups excluding carboxylic acids is 2. The number of piperidine rings is 1. The van der Waals surface area contributed by atoms with Gasteiger partial charge in [0, 0.05) is 35.5 Å². The third kappa shape index (κ3) is 5.09. The quantitative estimate of drug-likeness (QED) is 0.661. The van der Waals surface area contributed by atoms with Crippen molar-refractivity contribution < 1.29 is 19.8 Å². The van der Waals surface area contributed by atoms with Gasteiger partial charge in [-0.2, -0.15) is 0 Å². The van der Waals surface area contributed by atoms with Crippen molar-refractivity contribution >= 4 is 23.4 Å². The first-order valence-electron chi connectivity index (χ1n) is 10.3. The molecule has 1 aliphatic rings. The maximum absolute atomic E-state index is 13.0. The Morgan fingerprint density at radius 1 is 1.10 bits per heavy atom. The Bertz CT molecular complexity index is 944. The van der Waals surface area contributed by atoms with Gasteiger partial charge in [0.2, 0.25) is 5.91 Å². The molecule has 0 spiro atoms. The average molecular weight is 445 g/mol. The van der Waals surface area contributed by atoms with Crippen LogP contribution in [0.25, 0.3) is 0 Å². The summed E-state index contributed by atoms with van der Waals surface area (Å²) in [6.07, 6.45) is 0.255. The third-order valence-corrected chi connectivity index (χ3v) is 6.14. The van der Waals surface area contributed by atoms with Crippen LogP contribution in [0.15, 0.2) is 54.6 Å². The van der Waals surface area contributed by atoms with Crippen LogP contribution < -0.4 is 5.32 Å². The van der Waals surface area contributed by atoms with Gasteiger partial charge in [0.1, 0.15) is 11.2 Å². The maximum atomic E-state index is 13.0. The summed E-state index contributed by atoms with van der Waals surface area (Å²) in [5, 5.41) is 25.8. The number of halogens is 1. The minimum absolute atomic E-state index is 0.0202. The second kappa shape index (κ2) is 8.61. The molecule has 1 aliphatic heterocycles. The van der Waals surface area contributed by atoms with Crippen molar-refractivity contribution in [3.63, 3.8) is 0 Å². The Balaban J connectivity index is 1.66. The van der Waals surface area contributed by atoms with Crippen LogP contribution in [0.3, 0.4) is 0 Å². The van der Waals surface area contributed by atoms with Gasteiger partial charge in [0.15, 0.2) is 0 Å². The fraction of sp³-hybridized carbons (Fsp3) is 0.417. The summed E-state index contributed by atoms with van der Waals surface area (Å²) in [7, 11) is 0. The molecule has 6 nitrogen and oxygen atoms in total. The highest BCUT2D eigenvalue weighted by molar-refractivity contribution is 6.30. The van der Waals surface area contributed by atoms with E-state index in [1.54, 1.807) is 67.3 Å². The van der Waals surface area contributed by atoms with Crippen molar-refractivity contribution in [2.75, 3.05) is 13.1 Å². The lowest BCUT2D eigenvalue weighted by Gasteiger charge is -2.49. The number of β-amino-alcohol motifs (C(OH)–C–C–N with tert-alkyl or cyclic N) is 1. The molecule has 7 heteroatoms. The molecule has 2 atom stereocenters.